The molecule has 1 aliphatic heterocycles. The molecule has 0 fully saturated rings. The van der Waals surface area contributed by atoms with Gasteiger partial charge in [-0.15, -0.1) is 11.8 Å². The van der Waals surface area contributed by atoms with Crippen LogP contribution in [0.2, 0.25) is 0 Å². The van der Waals surface area contributed by atoms with E-state index in [1.165, 1.54) is 0 Å². The highest BCUT2D eigenvalue weighted by molar-refractivity contribution is 8.08. The maximum atomic E-state index is 12.8. The summed E-state index contributed by atoms with van der Waals surface area (Å²) in [4.78, 5) is 10.6. The van der Waals surface area contributed by atoms with Gasteiger partial charge >= 0.3 is 6.18 Å². The van der Waals surface area contributed by atoms with Crippen LogP contribution in [0.4, 0.5) is 24.8 Å². The fourth-order valence-corrected chi connectivity index (χ4v) is 3.98. The van der Waals surface area contributed by atoms with Gasteiger partial charge in [-0.25, -0.2) is 9.97 Å². The zero-order valence-corrected chi connectivity index (χ0v) is 16.3. The molecule has 28 heavy (non-hydrogen) atoms. The number of aryl methyl sites for hydroxylation is 1. The molecule has 1 unspecified atom stereocenters. The predicted octanol–water partition coefficient (Wildman–Crippen LogP) is 4.62. The molecule has 0 amide bonds. The van der Waals surface area contributed by atoms with Crippen LogP contribution in [0.25, 0.3) is 4.91 Å². The van der Waals surface area contributed by atoms with Gasteiger partial charge in [-0.2, -0.15) is 13.2 Å². The number of alkyl halides is 3. The number of hydrogen-bond acceptors (Lipinski definition) is 6. The third-order valence-electron chi connectivity index (χ3n) is 4.37. The first kappa shape index (κ1) is 20.5. The highest BCUT2D eigenvalue weighted by Crippen LogP contribution is 2.37. The zero-order chi connectivity index (χ0) is 20.3. The molecular formula is C19H21F3N4OS. The Labute approximate surface area is 165 Å². The summed E-state index contributed by atoms with van der Waals surface area (Å²) in [6.45, 7) is 4.04. The van der Waals surface area contributed by atoms with Gasteiger partial charge in [0.25, 0.3) is 0 Å². The monoisotopic (exact) mass is 410 g/mol. The number of halogens is 3. The van der Waals surface area contributed by atoms with Crippen molar-refractivity contribution in [3.05, 3.63) is 53.5 Å². The maximum Gasteiger partial charge on any atom is 0.433 e. The Morgan fingerprint density at radius 1 is 1.32 bits per heavy atom. The molecule has 150 valence electrons. The molecule has 2 heterocycles. The summed E-state index contributed by atoms with van der Waals surface area (Å²) in [5, 5.41) is 12.4. The summed E-state index contributed by atoms with van der Waals surface area (Å²) in [7, 11) is 0. The molecule has 2 N–H and O–H groups in total. The highest BCUT2D eigenvalue weighted by atomic mass is 32.2. The Kier molecular flexibility index (Phi) is 6.14. The zero-order valence-electron chi connectivity index (χ0n) is 15.5. The summed E-state index contributed by atoms with van der Waals surface area (Å²) in [5.74, 6) is 0.648. The van der Waals surface area contributed by atoms with E-state index in [1.807, 2.05) is 38.2 Å². The second-order valence-corrected chi connectivity index (χ2v) is 7.49. The Morgan fingerprint density at radius 2 is 2.11 bits per heavy atom. The minimum absolute atomic E-state index is 0.0749. The van der Waals surface area contributed by atoms with Crippen LogP contribution >= 0.6 is 11.8 Å². The Bertz CT molecular complexity index is 868. The van der Waals surface area contributed by atoms with Gasteiger partial charge in [-0.1, -0.05) is 13.0 Å². The third kappa shape index (κ3) is 4.77. The molecular weight excluding hydrogens is 389 g/mol. The highest BCUT2D eigenvalue weighted by Gasteiger charge is 2.32. The van der Waals surface area contributed by atoms with E-state index in [1.54, 1.807) is 11.8 Å². The number of aromatic nitrogens is 2. The fourth-order valence-electron chi connectivity index (χ4n) is 2.91. The predicted molar refractivity (Wildman–Crippen MR) is 105 cm³/mol. The summed E-state index contributed by atoms with van der Waals surface area (Å²) in [5.41, 5.74) is 1.54. The summed E-state index contributed by atoms with van der Waals surface area (Å²) in [6, 6.07) is 6.62. The van der Waals surface area contributed by atoms with E-state index < -0.39 is 11.9 Å². The molecule has 3 rings (SSSR count). The maximum absolute atomic E-state index is 12.8. The van der Waals surface area contributed by atoms with Crippen molar-refractivity contribution in [3.8, 4) is 0 Å². The van der Waals surface area contributed by atoms with E-state index in [2.05, 4.69) is 20.2 Å². The van der Waals surface area contributed by atoms with Crippen molar-refractivity contribution in [2.75, 3.05) is 17.8 Å². The van der Waals surface area contributed by atoms with Crippen LogP contribution in [0.15, 0.2) is 36.7 Å². The first-order valence-electron chi connectivity index (χ1n) is 8.80. The van der Waals surface area contributed by atoms with Crippen LogP contribution in [0.1, 0.15) is 30.2 Å². The lowest BCUT2D eigenvalue weighted by Crippen LogP contribution is -2.31. The number of nitrogens with zero attached hydrogens (tertiary/aromatic N) is 3. The number of benzene rings is 1. The number of thioether (sulfide) groups is 1. The lowest BCUT2D eigenvalue weighted by Gasteiger charge is -2.23. The molecule has 2 aromatic rings. The van der Waals surface area contributed by atoms with Crippen molar-refractivity contribution in [3.63, 3.8) is 0 Å². The molecule has 0 aliphatic carbocycles. The van der Waals surface area contributed by atoms with E-state index in [9.17, 15) is 18.3 Å². The van der Waals surface area contributed by atoms with Gasteiger partial charge in [0, 0.05) is 23.0 Å². The molecule has 1 atom stereocenters. The van der Waals surface area contributed by atoms with Crippen LogP contribution in [-0.4, -0.2) is 38.5 Å². The molecule has 0 spiro atoms. The number of nitrogens with one attached hydrogen (secondary N) is 1. The molecule has 9 heteroatoms. The molecule has 0 saturated carbocycles. The Morgan fingerprint density at radius 3 is 2.79 bits per heavy atom. The first-order valence-corrected chi connectivity index (χ1v) is 9.79. The third-order valence-corrected chi connectivity index (χ3v) is 5.45. The molecule has 0 bridgehead atoms. The summed E-state index contributed by atoms with van der Waals surface area (Å²) < 4.78 is 38.5. The number of rotatable bonds is 6. The van der Waals surface area contributed by atoms with Gasteiger partial charge < -0.3 is 15.3 Å². The Balaban J connectivity index is 1.84. The molecule has 5 nitrogen and oxygen atoms in total. The molecule has 0 radical (unpaired) electrons. The summed E-state index contributed by atoms with van der Waals surface area (Å²) >= 11 is 1.66. The lowest BCUT2D eigenvalue weighted by molar-refractivity contribution is -0.141. The molecule has 1 aliphatic rings. The largest absolute Gasteiger partial charge is 0.433 e. The van der Waals surface area contributed by atoms with E-state index in [4.69, 9.17) is 0 Å². The van der Waals surface area contributed by atoms with Crippen LogP contribution in [0, 0.1) is 6.92 Å². The number of aliphatic hydroxyl groups excluding tert-OH is 1. The van der Waals surface area contributed by atoms with Crippen LogP contribution in [-0.2, 0) is 6.18 Å². The van der Waals surface area contributed by atoms with Crippen LogP contribution in [0.5, 0.6) is 0 Å². The number of hydrogen-bond donors (Lipinski definition) is 2. The van der Waals surface area contributed by atoms with Crippen molar-refractivity contribution in [2.45, 2.75) is 32.5 Å². The average molecular weight is 410 g/mol. The second kappa shape index (κ2) is 8.40. The van der Waals surface area contributed by atoms with Gasteiger partial charge in [0.1, 0.15) is 5.69 Å². The van der Waals surface area contributed by atoms with Crippen molar-refractivity contribution in [2.24, 2.45) is 0 Å². The first-order chi connectivity index (χ1) is 13.3. The topological polar surface area (TPSA) is 61.3 Å². The van der Waals surface area contributed by atoms with Gasteiger partial charge in [0.2, 0.25) is 5.95 Å². The summed E-state index contributed by atoms with van der Waals surface area (Å²) in [6.07, 6.45) is -0.570. The van der Waals surface area contributed by atoms with Crippen molar-refractivity contribution in [1.82, 2.24) is 14.9 Å². The fraction of sp³-hybridized carbons (Fsp3) is 0.368. The lowest BCUT2D eigenvalue weighted by atomic mass is 10.1. The SMILES string of the molecule is CCC(CO)N1C=C(c2cc(C)cc(Nc3nccc(C(F)(F)F)n3)c2)SC1. The molecule has 1 aromatic carbocycles. The second-order valence-electron chi connectivity index (χ2n) is 6.50. The number of anilines is 2. The van der Waals surface area contributed by atoms with Crippen molar-refractivity contribution < 1.29 is 18.3 Å². The van der Waals surface area contributed by atoms with Gasteiger partial charge in [0.05, 0.1) is 18.5 Å². The smallest absolute Gasteiger partial charge is 0.394 e. The normalized spacial score (nSPS) is 15.5. The van der Waals surface area contributed by atoms with Crippen LogP contribution < -0.4 is 5.32 Å². The van der Waals surface area contributed by atoms with E-state index in [0.717, 1.165) is 40.6 Å². The van der Waals surface area contributed by atoms with Crippen LogP contribution in [0.3, 0.4) is 0 Å². The average Bonchev–Trinajstić information content (AvgIpc) is 3.12. The van der Waals surface area contributed by atoms with E-state index in [-0.39, 0.29) is 18.6 Å². The standard InChI is InChI=1S/C19H21F3N4OS/c1-3-15(10-27)26-9-16(28-11-26)13-6-12(2)7-14(8-13)24-18-23-5-4-17(25-18)19(20,21)22/h4-9,15,27H,3,10-11H2,1-2H3,(H,23,24,25). The van der Waals surface area contributed by atoms with Crippen molar-refractivity contribution in [1.29, 1.82) is 0 Å². The minimum Gasteiger partial charge on any atom is -0.394 e. The Hall–Kier alpha value is -2.26. The van der Waals surface area contributed by atoms with E-state index in [0.29, 0.717) is 5.69 Å². The molecule has 0 saturated heterocycles. The quantitative estimate of drug-likeness (QED) is 0.725. The minimum atomic E-state index is -4.52. The van der Waals surface area contributed by atoms with Gasteiger partial charge in [-0.3, -0.25) is 0 Å². The van der Waals surface area contributed by atoms with Gasteiger partial charge in [0.15, 0.2) is 0 Å². The van der Waals surface area contributed by atoms with Crippen molar-refractivity contribution >= 4 is 28.3 Å². The van der Waals surface area contributed by atoms with E-state index >= 15 is 0 Å². The number of aliphatic hydroxyl groups is 1. The molecule has 1 aromatic heterocycles. The van der Waals surface area contributed by atoms with Gasteiger partial charge in [-0.05, 0) is 42.7 Å².